The van der Waals surface area contributed by atoms with Crippen molar-refractivity contribution in [2.45, 2.75) is 44.2 Å². The molecule has 0 bridgehead atoms. The molecule has 144 valence electrons. The summed E-state index contributed by atoms with van der Waals surface area (Å²) in [7, 11) is -3.42. The molecule has 0 spiro atoms. The number of sulfone groups is 1. The number of amides is 1. The van der Waals surface area contributed by atoms with Crippen LogP contribution in [0.5, 0.6) is 5.75 Å². The minimum atomic E-state index is -3.42. The van der Waals surface area contributed by atoms with Crippen molar-refractivity contribution in [2.24, 2.45) is 0 Å². The topological polar surface area (TPSA) is 63.7 Å². The van der Waals surface area contributed by atoms with Crippen molar-refractivity contribution < 1.29 is 17.9 Å². The van der Waals surface area contributed by atoms with Crippen LogP contribution in [0.3, 0.4) is 0 Å². The normalized spacial score (nSPS) is 16.9. The van der Waals surface area contributed by atoms with Crippen molar-refractivity contribution in [2.75, 3.05) is 12.8 Å². The summed E-state index contributed by atoms with van der Waals surface area (Å²) < 4.78 is 29.7. The van der Waals surface area contributed by atoms with Crippen LogP contribution in [0.15, 0.2) is 47.4 Å². The second-order valence-corrected chi connectivity index (χ2v) is 9.40. The molecule has 0 saturated carbocycles. The van der Waals surface area contributed by atoms with Gasteiger partial charge in [0.05, 0.1) is 16.6 Å². The van der Waals surface area contributed by atoms with Crippen molar-refractivity contribution in [1.29, 1.82) is 0 Å². The molecule has 0 N–H and O–H groups in total. The lowest BCUT2D eigenvalue weighted by atomic mass is 9.91. The lowest BCUT2D eigenvalue weighted by Crippen LogP contribution is -2.37. The maximum Gasteiger partial charge on any atom is 0.257 e. The summed E-state index contributed by atoms with van der Waals surface area (Å²) in [6, 6.07) is 12.6. The molecule has 3 rings (SSSR count). The van der Waals surface area contributed by atoms with E-state index in [1.165, 1.54) is 17.7 Å². The highest BCUT2D eigenvalue weighted by Crippen LogP contribution is 2.31. The molecule has 2 aromatic rings. The monoisotopic (exact) mass is 387 g/mol. The second-order valence-electron chi connectivity index (χ2n) is 7.38. The van der Waals surface area contributed by atoms with Gasteiger partial charge in [-0.1, -0.05) is 31.2 Å². The first-order valence-electron chi connectivity index (χ1n) is 9.04. The maximum absolute atomic E-state index is 13.3. The molecule has 0 saturated heterocycles. The van der Waals surface area contributed by atoms with Gasteiger partial charge < -0.3 is 9.64 Å². The van der Waals surface area contributed by atoms with Crippen LogP contribution >= 0.6 is 0 Å². The summed E-state index contributed by atoms with van der Waals surface area (Å²) in [4.78, 5) is 15.2. The average molecular weight is 388 g/mol. The zero-order valence-corrected chi connectivity index (χ0v) is 16.9. The molecule has 0 fully saturated rings. The molecule has 1 unspecified atom stereocenters. The zero-order chi connectivity index (χ0) is 19.8. The van der Waals surface area contributed by atoms with E-state index in [-0.39, 0.29) is 22.8 Å². The van der Waals surface area contributed by atoms with Crippen molar-refractivity contribution in [3.63, 3.8) is 0 Å². The van der Waals surface area contributed by atoms with Crippen LogP contribution in [0.1, 0.15) is 48.2 Å². The smallest absolute Gasteiger partial charge is 0.257 e. The Hall–Kier alpha value is -2.34. The maximum atomic E-state index is 13.3. The number of hydrogen-bond donors (Lipinski definition) is 0. The molecular formula is C21H25NO4S. The highest BCUT2D eigenvalue weighted by molar-refractivity contribution is 7.90. The molecule has 27 heavy (non-hydrogen) atoms. The van der Waals surface area contributed by atoms with E-state index in [4.69, 9.17) is 4.74 Å². The number of fused-ring (bicyclic) bond motifs is 1. The first-order chi connectivity index (χ1) is 12.7. The van der Waals surface area contributed by atoms with Crippen molar-refractivity contribution in [3.05, 3.63) is 59.2 Å². The predicted molar refractivity (Wildman–Crippen MR) is 105 cm³/mol. The van der Waals surface area contributed by atoms with Crippen LogP contribution in [0.25, 0.3) is 0 Å². The molecule has 0 aliphatic carbocycles. The first-order valence-corrected chi connectivity index (χ1v) is 10.9. The van der Waals surface area contributed by atoms with Crippen LogP contribution in [0.4, 0.5) is 0 Å². The summed E-state index contributed by atoms with van der Waals surface area (Å²) in [5.74, 6) is 0.415. The number of carbonyl (C=O) groups is 1. The fourth-order valence-electron chi connectivity index (χ4n) is 3.45. The van der Waals surface area contributed by atoms with E-state index in [0.29, 0.717) is 24.4 Å². The molecule has 0 radical (unpaired) electrons. The Balaban J connectivity index is 2.00. The second kappa shape index (κ2) is 7.35. The third-order valence-electron chi connectivity index (χ3n) is 4.70. The Morgan fingerprint density at radius 1 is 1.19 bits per heavy atom. The van der Waals surface area contributed by atoms with E-state index in [0.717, 1.165) is 11.8 Å². The number of nitrogens with zero attached hydrogens (tertiary/aromatic N) is 1. The van der Waals surface area contributed by atoms with Gasteiger partial charge in [0.25, 0.3) is 5.91 Å². The highest BCUT2D eigenvalue weighted by Gasteiger charge is 2.28. The fourth-order valence-corrected chi connectivity index (χ4v) is 4.09. The van der Waals surface area contributed by atoms with Crippen molar-refractivity contribution in [3.8, 4) is 5.75 Å². The Morgan fingerprint density at radius 3 is 2.56 bits per heavy atom. The lowest BCUT2D eigenvalue weighted by molar-refractivity contribution is 0.0714. The largest absolute Gasteiger partial charge is 0.490 e. The predicted octanol–water partition coefficient (Wildman–Crippen LogP) is 3.64. The molecule has 1 amide bonds. The summed E-state index contributed by atoms with van der Waals surface area (Å²) in [6.07, 6.45) is 1.01. The molecule has 1 heterocycles. The van der Waals surface area contributed by atoms with Crippen LogP contribution in [-0.4, -0.2) is 38.1 Å². The van der Waals surface area contributed by atoms with Crippen LogP contribution in [0.2, 0.25) is 0 Å². The van der Waals surface area contributed by atoms with E-state index in [1.807, 2.05) is 32.0 Å². The Labute approximate surface area is 160 Å². The van der Waals surface area contributed by atoms with Crippen LogP contribution in [0, 0.1) is 0 Å². The van der Waals surface area contributed by atoms with Gasteiger partial charge in [0.2, 0.25) is 0 Å². The van der Waals surface area contributed by atoms with E-state index in [1.54, 1.807) is 11.0 Å². The lowest BCUT2D eigenvalue weighted by Gasteiger charge is -2.33. The van der Waals surface area contributed by atoms with Gasteiger partial charge in [-0.05, 0) is 49.1 Å². The van der Waals surface area contributed by atoms with E-state index >= 15 is 0 Å². The van der Waals surface area contributed by atoms with Crippen molar-refractivity contribution >= 4 is 15.7 Å². The van der Waals surface area contributed by atoms with Gasteiger partial charge in [-0.3, -0.25) is 4.79 Å². The van der Waals surface area contributed by atoms with Gasteiger partial charge in [-0.2, -0.15) is 0 Å². The van der Waals surface area contributed by atoms with Gasteiger partial charge in [0.15, 0.2) is 9.84 Å². The quantitative estimate of drug-likeness (QED) is 0.804. The van der Waals surface area contributed by atoms with E-state index < -0.39 is 9.84 Å². The Kier molecular flexibility index (Phi) is 5.29. The fraction of sp³-hybridized carbons (Fsp3) is 0.381. The van der Waals surface area contributed by atoms with E-state index in [9.17, 15) is 13.2 Å². The molecule has 1 aliphatic rings. The van der Waals surface area contributed by atoms with Crippen LogP contribution < -0.4 is 4.74 Å². The molecule has 5 nitrogen and oxygen atoms in total. The number of rotatable bonds is 4. The summed E-state index contributed by atoms with van der Waals surface area (Å²) in [5, 5.41) is 0. The highest BCUT2D eigenvalue weighted by atomic mass is 32.2. The first kappa shape index (κ1) is 19.4. The number of carbonyl (C=O) groups excluding carboxylic acids is 1. The molecule has 2 aromatic carbocycles. The summed E-state index contributed by atoms with van der Waals surface area (Å²) in [5.41, 5.74) is 2.67. The zero-order valence-electron chi connectivity index (χ0n) is 16.1. The Morgan fingerprint density at radius 2 is 1.89 bits per heavy atom. The third kappa shape index (κ3) is 4.16. The molecule has 1 atom stereocenters. The van der Waals surface area contributed by atoms with E-state index in [2.05, 4.69) is 13.0 Å². The molecular weight excluding hydrogens is 362 g/mol. The molecule has 0 aromatic heterocycles. The van der Waals surface area contributed by atoms with Gasteiger partial charge in [-0.15, -0.1) is 0 Å². The summed E-state index contributed by atoms with van der Waals surface area (Å²) >= 11 is 0. The molecule has 6 heteroatoms. The third-order valence-corrected chi connectivity index (χ3v) is 5.81. The minimum Gasteiger partial charge on any atom is -0.490 e. The molecule has 1 aliphatic heterocycles. The van der Waals surface area contributed by atoms with Gasteiger partial charge >= 0.3 is 0 Å². The van der Waals surface area contributed by atoms with Gasteiger partial charge in [0.1, 0.15) is 5.75 Å². The van der Waals surface area contributed by atoms with Gasteiger partial charge in [-0.25, -0.2) is 8.42 Å². The van der Waals surface area contributed by atoms with Crippen LogP contribution in [-0.2, 0) is 16.4 Å². The average Bonchev–Trinajstić information content (AvgIpc) is 2.60. The SMILES string of the molecule is CC(C)Oc1ccc(S(C)(=O)=O)cc1C(=O)N1Cc2ccccc2C(C)C1. The number of benzene rings is 2. The van der Waals surface area contributed by atoms with Crippen molar-refractivity contribution in [1.82, 2.24) is 4.90 Å². The minimum absolute atomic E-state index is 0.118. The summed E-state index contributed by atoms with van der Waals surface area (Å²) in [6.45, 7) is 6.93. The Bertz CT molecular complexity index is 966. The standard InChI is InChI=1S/C21H25NO4S/c1-14(2)26-20-10-9-17(27(4,24)25)11-19(20)21(23)22-12-15(3)18-8-6-5-7-16(18)13-22/h5-11,14-15H,12-13H2,1-4H3. The van der Waals surface area contributed by atoms with Gasteiger partial charge in [0, 0.05) is 19.3 Å². The number of ether oxygens (including phenoxy) is 1. The number of hydrogen-bond acceptors (Lipinski definition) is 4.